The van der Waals surface area contributed by atoms with Crippen LogP contribution in [0.2, 0.25) is 5.02 Å². The molecule has 0 saturated heterocycles. The maximum atomic E-state index is 5.94. The molecule has 0 bridgehead atoms. The van der Waals surface area contributed by atoms with Crippen molar-refractivity contribution in [2.75, 3.05) is 13.6 Å². The zero-order valence-corrected chi connectivity index (χ0v) is 18.7. The zero-order chi connectivity index (χ0) is 19.1. The Hall–Kier alpha value is -2.20. The molecule has 3 aromatic rings. The van der Waals surface area contributed by atoms with Gasteiger partial charge in [0, 0.05) is 31.2 Å². The summed E-state index contributed by atoms with van der Waals surface area (Å²) in [4.78, 5) is 12.8. The van der Waals surface area contributed by atoms with E-state index in [2.05, 4.69) is 37.7 Å². The van der Waals surface area contributed by atoms with Crippen molar-refractivity contribution >= 4 is 41.5 Å². The number of halogens is 2. The molecule has 0 aliphatic rings. The lowest BCUT2D eigenvalue weighted by Crippen LogP contribution is -2.39. The van der Waals surface area contributed by atoms with Crippen LogP contribution in [0.4, 0.5) is 0 Å². The molecule has 0 amide bonds. The molecule has 0 fully saturated rings. The highest BCUT2D eigenvalue weighted by molar-refractivity contribution is 14.0. The number of pyridine rings is 1. The summed E-state index contributed by atoms with van der Waals surface area (Å²) in [5, 5.41) is 11.3. The average molecular weight is 513 g/mol. The van der Waals surface area contributed by atoms with Crippen molar-refractivity contribution < 1.29 is 4.52 Å². The second-order valence-electron chi connectivity index (χ2n) is 5.90. The summed E-state index contributed by atoms with van der Waals surface area (Å²) < 4.78 is 5.26. The first-order valence-electron chi connectivity index (χ1n) is 8.62. The van der Waals surface area contributed by atoms with Crippen LogP contribution in [0.1, 0.15) is 24.4 Å². The number of aliphatic imine (C=N–C) groups is 1. The van der Waals surface area contributed by atoms with Gasteiger partial charge in [0.25, 0.3) is 5.89 Å². The van der Waals surface area contributed by atoms with Crippen LogP contribution < -0.4 is 10.6 Å². The van der Waals surface area contributed by atoms with Gasteiger partial charge in [-0.15, -0.1) is 24.0 Å². The summed E-state index contributed by atoms with van der Waals surface area (Å²) in [5.74, 6) is 1.74. The van der Waals surface area contributed by atoms with Gasteiger partial charge >= 0.3 is 0 Å². The van der Waals surface area contributed by atoms with Gasteiger partial charge in [-0.25, -0.2) is 0 Å². The molecule has 9 heteroatoms. The van der Waals surface area contributed by atoms with Gasteiger partial charge in [-0.05, 0) is 36.8 Å². The van der Waals surface area contributed by atoms with Gasteiger partial charge < -0.3 is 15.2 Å². The first kappa shape index (κ1) is 22.1. The van der Waals surface area contributed by atoms with Crippen molar-refractivity contribution in [2.24, 2.45) is 4.99 Å². The fraction of sp³-hybridized carbons (Fsp3) is 0.263. The van der Waals surface area contributed by atoms with Gasteiger partial charge in [0.15, 0.2) is 11.8 Å². The quantitative estimate of drug-likeness (QED) is 0.296. The van der Waals surface area contributed by atoms with Crippen LogP contribution >= 0.6 is 35.6 Å². The van der Waals surface area contributed by atoms with Crippen molar-refractivity contribution in [1.82, 2.24) is 25.8 Å². The first-order valence-corrected chi connectivity index (χ1v) is 9.00. The lowest BCUT2D eigenvalue weighted by molar-refractivity contribution is 0.421. The molecular formula is C19H22ClIN6O. The van der Waals surface area contributed by atoms with Gasteiger partial charge in [-0.1, -0.05) is 35.0 Å². The van der Waals surface area contributed by atoms with E-state index in [1.165, 1.54) is 0 Å². The van der Waals surface area contributed by atoms with E-state index in [0.29, 0.717) is 36.3 Å². The largest absolute Gasteiger partial charge is 0.356 e. The number of aromatic nitrogens is 3. The van der Waals surface area contributed by atoms with Crippen LogP contribution in [-0.2, 0) is 6.42 Å². The molecule has 2 heterocycles. The number of guanidine groups is 1. The van der Waals surface area contributed by atoms with Crippen LogP contribution in [-0.4, -0.2) is 34.7 Å². The van der Waals surface area contributed by atoms with Gasteiger partial charge in [-0.2, -0.15) is 4.98 Å². The van der Waals surface area contributed by atoms with Gasteiger partial charge in [0.05, 0.1) is 6.04 Å². The van der Waals surface area contributed by atoms with E-state index >= 15 is 0 Å². The molecule has 148 valence electrons. The van der Waals surface area contributed by atoms with E-state index in [-0.39, 0.29) is 30.0 Å². The smallest absolute Gasteiger partial charge is 0.276 e. The molecular weight excluding hydrogens is 491 g/mol. The second kappa shape index (κ2) is 11.0. The topological polar surface area (TPSA) is 88.2 Å². The fourth-order valence-corrected chi connectivity index (χ4v) is 2.60. The Kier molecular flexibility index (Phi) is 8.65. The SMILES string of the molecule is CN=C(NCCc1noc(-c2ccccn2)n1)NC(C)c1ccc(Cl)cc1.I. The third kappa shape index (κ3) is 6.16. The third-order valence-electron chi connectivity index (χ3n) is 3.94. The van der Waals surface area contributed by atoms with Crippen LogP contribution in [0, 0.1) is 0 Å². The first-order chi connectivity index (χ1) is 13.2. The molecule has 7 nitrogen and oxygen atoms in total. The van der Waals surface area contributed by atoms with E-state index in [9.17, 15) is 0 Å². The minimum atomic E-state index is 0. The second-order valence-corrected chi connectivity index (χ2v) is 6.33. The standard InChI is InChI=1S/C19H21ClN6O.HI/c1-13(14-6-8-15(20)9-7-14)24-19(21-2)23-12-10-17-25-18(27-26-17)16-5-3-4-11-22-16;/h3-9,11,13H,10,12H2,1-2H3,(H2,21,23,24);1H. The van der Waals surface area contributed by atoms with Crippen molar-refractivity contribution in [3.8, 4) is 11.6 Å². The maximum Gasteiger partial charge on any atom is 0.276 e. The van der Waals surface area contributed by atoms with Crippen molar-refractivity contribution in [3.63, 3.8) is 0 Å². The monoisotopic (exact) mass is 512 g/mol. The van der Waals surface area contributed by atoms with E-state index in [0.717, 1.165) is 10.6 Å². The molecule has 28 heavy (non-hydrogen) atoms. The molecule has 0 radical (unpaired) electrons. The molecule has 0 aliphatic carbocycles. The van der Waals surface area contributed by atoms with E-state index in [4.69, 9.17) is 16.1 Å². The van der Waals surface area contributed by atoms with Gasteiger partial charge in [0.2, 0.25) is 0 Å². The summed E-state index contributed by atoms with van der Waals surface area (Å²) in [5.41, 5.74) is 1.79. The number of nitrogens with one attached hydrogen (secondary N) is 2. The van der Waals surface area contributed by atoms with Crippen LogP contribution in [0.25, 0.3) is 11.6 Å². The number of rotatable bonds is 6. The zero-order valence-electron chi connectivity index (χ0n) is 15.6. The highest BCUT2D eigenvalue weighted by Crippen LogP contribution is 2.16. The Bertz CT molecular complexity index is 885. The molecule has 1 atom stereocenters. The van der Waals surface area contributed by atoms with E-state index < -0.39 is 0 Å². The summed E-state index contributed by atoms with van der Waals surface area (Å²) in [7, 11) is 1.73. The summed E-state index contributed by atoms with van der Waals surface area (Å²) >= 11 is 5.94. The predicted molar refractivity (Wildman–Crippen MR) is 121 cm³/mol. The van der Waals surface area contributed by atoms with Crippen LogP contribution in [0.5, 0.6) is 0 Å². The maximum absolute atomic E-state index is 5.94. The van der Waals surface area contributed by atoms with Crippen LogP contribution in [0.3, 0.4) is 0 Å². The average Bonchev–Trinajstić information content (AvgIpc) is 3.17. The van der Waals surface area contributed by atoms with Crippen molar-refractivity contribution in [3.05, 3.63) is 65.1 Å². The van der Waals surface area contributed by atoms with E-state index in [1.807, 2.05) is 42.5 Å². The Morgan fingerprint density at radius 3 is 2.68 bits per heavy atom. The molecule has 2 aromatic heterocycles. The predicted octanol–water partition coefficient (Wildman–Crippen LogP) is 3.87. The molecule has 1 aromatic carbocycles. The van der Waals surface area contributed by atoms with Crippen molar-refractivity contribution in [2.45, 2.75) is 19.4 Å². The minimum absolute atomic E-state index is 0. The minimum Gasteiger partial charge on any atom is -0.356 e. The number of benzene rings is 1. The van der Waals surface area contributed by atoms with Crippen LogP contribution in [0.15, 0.2) is 58.2 Å². The lowest BCUT2D eigenvalue weighted by Gasteiger charge is -2.18. The summed E-state index contributed by atoms with van der Waals surface area (Å²) in [6, 6.07) is 13.4. The molecule has 2 N–H and O–H groups in total. The molecule has 0 saturated carbocycles. The van der Waals surface area contributed by atoms with Gasteiger partial charge in [0.1, 0.15) is 5.69 Å². The third-order valence-corrected chi connectivity index (χ3v) is 4.19. The molecule has 0 aliphatic heterocycles. The summed E-state index contributed by atoms with van der Waals surface area (Å²) in [6.07, 6.45) is 2.30. The highest BCUT2D eigenvalue weighted by Gasteiger charge is 2.11. The molecule has 1 unspecified atom stereocenters. The Labute approximate surface area is 186 Å². The number of nitrogens with zero attached hydrogens (tertiary/aromatic N) is 4. The number of hydrogen-bond donors (Lipinski definition) is 2. The molecule has 0 spiro atoms. The Morgan fingerprint density at radius 1 is 1.21 bits per heavy atom. The highest BCUT2D eigenvalue weighted by atomic mass is 127. The summed E-state index contributed by atoms with van der Waals surface area (Å²) in [6.45, 7) is 2.68. The number of hydrogen-bond acceptors (Lipinski definition) is 5. The fourth-order valence-electron chi connectivity index (χ4n) is 2.48. The Balaban J connectivity index is 0.00000280. The lowest BCUT2D eigenvalue weighted by atomic mass is 10.1. The van der Waals surface area contributed by atoms with Crippen molar-refractivity contribution in [1.29, 1.82) is 0 Å². The molecule has 3 rings (SSSR count). The normalized spacial score (nSPS) is 12.2. The van der Waals surface area contributed by atoms with Gasteiger partial charge in [-0.3, -0.25) is 9.98 Å². The Morgan fingerprint density at radius 2 is 2.00 bits per heavy atom. The van der Waals surface area contributed by atoms with E-state index in [1.54, 1.807) is 13.2 Å².